The van der Waals surface area contributed by atoms with Gasteiger partial charge in [0.25, 0.3) is 0 Å². The zero-order valence-corrected chi connectivity index (χ0v) is 15.6. The molecule has 1 saturated heterocycles. The normalized spacial score (nSPS) is 18.6. The molecule has 0 spiro atoms. The Morgan fingerprint density at radius 2 is 1.69 bits per heavy atom. The Kier molecular flexibility index (Phi) is 5.63. The summed E-state index contributed by atoms with van der Waals surface area (Å²) in [5.41, 5.74) is 1.57. The maximum atomic E-state index is 13.1. The van der Waals surface area contributed by atoms with Gasteiger partial charge in [-0.05, 0) is 41.8 Å². The highest BCUT2D eigenvalue weighted by Crippen LogP contribution is 2.22. The molecule has 1 aliphatic rings. The van der Waals surface area contributed by atoms with Gasteiger partial charge in [-0.1, -0.05) is 35.9 Å². The minimum Gasteiger partial charge on any atom is -0.334 e. The van der Waals surface area contributed by atoms with Crippen molar-refractivity contribution in [1.82, 2.24) is 4.90 Å². The molecular weight excluding hydrogens is 377 g/mol. The highest BCUT2D eigenvalue weighted by Gasteiger charge is 2.34. The van der Waals surface area contributed by atoms with Crippen LogP contribution >= 0.6 is 11.6 Å². The lowest BCUT2D eigenvalue weighted by atomic mass is 10.1. The van der Waals surface area contributed by atoms with Gasteiger partial charge in [-0.2, -0.15) is 0 Å². The Labute approximate surface area is 157 Å². The average Bonchev–Trinajstić information content (AvgIpc) is 2.96. The van der Waals surface area contributed by atoms with E-state index in [9.17, 15) is 17.6 Å². The van der Waals surface area contributed by atoms with Gasteiger partial charge < -0.3 is 4.90 Å². The van der Waals surface area contributed by atoms with Crippen molar-refractivity contribution in [3.05, 3.63) is 70.5 Å². The highest BCUT2D eigenvalue weighted by atomic mass is 35.5. The maximum absolute atomic E-state index is 13.1. The van der Waals surface area contributed by atoms with Gasteiger partial charge >= 0.3 is 0 Å². The average molecular weight is 396 g/mol. The first-order chi connectivity index (χ1) is 12.3. The lowest BCUT2D eigenvalue weighted by molar-refractivity contribution is -0.133. The molecule has 1 atom stereocenters. The molecule has 1 amide bonds. The molecule has 2 aromatic rings. The fourth-order valence-corrected chi connectivity index (χ4v) is 4.96. The van der Waals surface area contributed by atoms with Gasteiger partial charge in [-0.3, -0.25) is 4.79 Å². The molecule has 0 saturated carbocycles. The van der Waals surface area contributed by atoms with Crippen LogP contribution in [0.25, 0.3) is 0 Å². The summed E-state index contributed by atoms with van der Waals surface area (Å²) in [4.78, 5) is 14.5. The molecule has 0 aromatic heterocycles. The fourth-order valence-electron chi connectivity index (χ4n) is 3.11. The third-order valence-corrected chi connectivity index (χ3v) is 6.51. The Bertz CT molecular complexity index is 882. The second-order valence-electron chi connectivity index (χ2n) is 6.51. The molecule has 0 aliphatic carbocycles. The van der Waals surface area contributed by atoms with Gasteiger partial charge in [0, 0.05) is 17.6 Å². The number of hydrogen-bond donors (Lipinski definition) is 0. The SMILES string of the molecule is O=C(Cc1ccc(Cl)cc1)N(Cc1ccc(F)cc1)C1CCS(=O)(=O)C1. The number of rotatable bonds is 5. The van der Waals surface area contributed by atoms with Crippen LogP contribution < -0.4 is 0 Å². The van der Waals surface area contributed by atoms with E-state index in [1.165, 1.54) is 12.1 Å². The Balaban J connectivity index is 1.80. The van der Waals surface area contributed by atoms with Gasteiger partial charge in [-0.25, -0.2) is 12.8 Å². The second kappa shape index (κ2) is 7.76. The molecule has 0 N–H and O–H groups in total. The third-order valence-electron chi connectivity index (χ3n) is 4.50. The first-order valence-electron chi connectivity index (χ1n) is 8.31. The van der Waals surface area contributed by atoms with Gasteiger partial charge in [0.15, 0.2) is 9.84 Å². The lowest BCUT2D eigenvalue weighted by Gasteiger charge is -2.28. The van der Waals surface area contributed by atoms with Crippen molar-refractivity contribution in [3.8, 4) is 0 Å². The molecule has 7 heteroatoms. The summed E-state index contributed by atoms with van der Waals surface area (Å²) in [5, 5.41) is 0.589. The number of carbonyl (C=O) groups is 1. The highest BCUT2D eigenvalue weighted by molar-refractivity contribution is 7.91. The zero-order valence-electron chi connectivity index (χ0n) is 14.1. The number of amides is 1. The molecular formula is C19H19ClFNO3S. The van der Waals surface area contributed by atoms with E-state index in [0.717, 1.165) is 11.1 Å². The Hall–Kier alpha value is -1.92. The molecule has 2 aromatic carbocycles. The number of sulfone groups is 1. The fraction of sp³-hybridized carbons (Fsp3) is 0.316. The molecule has 26 heavy (non-hydrogen) atoms. The van der Waals surface area contributed by atoms with E-state index in [1.807, 2.05) is 0 Å². The van der Waals surface area contributed by atoms with Crippen LogP contribution in [-0.4, -0.2) is 36.8 Å². The molecule has 1 unspecified atom stereocenters. The second-order valence-corrected chi connectivity index (χ2v) is 9.17. The lowest BCUT2D eigenvalue weighted by Crippen LogP contribution is -2.41. The number of benzene rings is 2. The van der Waals surface area contributed by atoms with Crippen LogP contribution in [0.4, 0.5) is 4.39 Å². The van der Waals surface area contributed by atoms with Crippen molar-refractivity contribution < 1.29 is 17.6 Å². The van der Waals surface area contributed by atoms with Crippen molar-refractivity contribution in [2.45, 2.75) is 25.4 Å². The van der Waals surface area contributed by atoms with Crippen LogP contribution in [0.5, 0.6) is 0 Å². The van der Waals surface area contributed by atoms with Crippen molar-refractivity contribution in [2.75, 3.05) is 11.5 Å². The van der Waals surface area contributed by atoms with Crippen LogP contribution in [0.3, 0.4) is 0 Å². The molecule has 0 bridgehead atoms. The van der Waals surface area contributed by atoms with Gasteiger partial charge in [0.05, 0.1) is 17.9 Å². The predicted molar refractivity (Wildman–Crippen MR) is 99.2 cm³/mol. The summed E-state index contributed by atoms with van der Waals surface area (Å²) in [6, 6.07) is 12.5. The molecule has 1 aliphatic heterocycles. The quantitative estimate of drug-likeness (QED) is 0.781. The third kappa shape index (κ3) is 4.83. The predicted octanol–water partition coefficient (Wildman–Crippen LogP) is 3.24. The molecule has 4 nitrogen and oxygen atoms in total. The number of carbonyl (C=O) groups excluding carboxylic acids is 1. The van der Waals surface area contributed by atoms with E-state index in [1.54, 1.807) is 41.3 Å². The number of hydrogen-bond acceptors (Lipinski definition) is 3. The summed E-state index contributed by atoms with van der Waals surface area (Å²) in [5.74, 6) is -0.443. The van der Waals surface area contributed by atoms with E-state index in [2.05, 4.69) is 0 Å². The summed E-state index contributed by atoms with van der Waals surface area (Å²) in [7, 11) is -3.12. The summed E-state index contributed by atoms with van der Waals surface area (Å²) in [6.45, 7) is 0.257. The van der Waals surface area contributed by atoms with E-state index in [4.69, 9.17) is 11.6 Å². The molecule has 1 heterocycles. The smallest absolute Gasteiger partial charge is 0.227 e. The van der Waals surface area contributed by atoms with Crippen molar-refractivity contribution in [2.24, 2.45) is 0 Å². The van der Waals surface area contributed by atoms with Crippen molar-refractivity contribution in [1.29, 1.82) is 0 Å². The van der Waals surface area contributed by atoms with E-state index < -0.39 is 9.84 Å². The summed E-state index contributed by atoms with van der Waals surface area (Å²) < 4.78 is 36.9. The number of nitrogens with zero attached hydrogens (tertiary/aromatic N) is 1. The molecule has 1 fully saturated rings. The standard InChI is InChI=1S/C19H19ClFNO3S/c20-16-5-1-14(2-6-16)11-19(23)22(18-9-10-26(24,25)13-18)12-15-3-7-17(21)8-4-15/h1-8,18H,9-13H2. The Morgan fingerprint density at radius 1 is 1.08 bits per heavy atom. The molecule has 0 radical (unpaired) electrons. The first kappa shape index (κ1) is 18.9. The Morgan fingerprint density at radius 3 is 2.27 bits per heavy atom. The van der Waals surface area contributed by atoms with Gasteiger partial charge in [0.2, 0.25) is 5.91 Å². The minimum absolute atomic E-state index is 0.0272. The van der Waals surface area contributed by atoms with Crippen LogP contribution in [0.2, 0.25) is 5.02 Å². The summed E-state index contributed by atoms with van der Waals surface area (Å²) in [6.07, 6.45) is 0.588. The van der Waals surface area contributed by atoms with Crippen molar-refractivity contribution in [3.63, 3.8) is 0 Å². The first-order valence-corrected chi connectivity index (χ1v) is 10.5. The van der Waals surface area contributed by atoms with Crippen LogP contribution in [0.15, 0.2) is 48.5 Å². The van der Waals surface area contributed by atoms with Crippen molar-refractivity contribution >= 4 is 27.3 Å². The molecule has 138 valence electrons. The maximum Gasteiger partial charge on any atom is 0.227 e. The van der Waals surface area contributed by atoms with E-state index in [-0.39, 0.29) is 42.2 Å². The molecule has 3 rings (SSSR count). The van der Waals surface area contributed by atoms with Gasteiger partial charge in [0.1, 0.15) is 5.82 Å². The van der Waals surface area contributed by atoms with E-state index in [0.29, 0.717) is 11.4 Å². The van der Waals surface area contributed by atoms with Crippen LogP contribution in [0.1, 0.15) is 17.5 Å². The topological polar surface area (TPSA) is 54.5 Å². The summed E-state index contributed by atoms with van der Waals surface area (Å²) >= 11 is 5.87. The zero-order chi connectivity index (χ0) is 18.7. The number of halogens is 2. The van der Waals surface area contributed by atoms with Gasteiger partial charge in [-0.15, -0.1) is 0 Å². The largest absolute Gasteiger partial charge is 0.334 e. The monoisotopic (exact) mass is 395 g/mol. The van der Waals surface area contributed by atoms with Crippen LogP contribution in [-0.2, 0) is 27.6 Å². The van der Waals surface area contributed by atoms with E-state index >= 15 is 0 Å². The minimum atomic E-state index is -3.12. The van der Waals surface area contributed by atoms with Crippen LogP contribution in [0, 0.1) is 5.82 Å².